The van der Waals surface area contributed by atoms with Gasteiger partial charge in [0, 0.05) is 34.4 Å². The number of carbonyl (C=O) groups is 1. The van der Waals surface area contributed by atoms with E-state index in [9.17, 15) is 9.00 Å². The minimum Gasteiger partial charge on any atom is -0.445 e. The molecule has 0 N–H and O–H groups in total. The molecular weight excluding hydrogens is 274 g/mol. The third-order valence-electron chi connectivity index (χ3n) is 3.61. The molecule has 2 rings (SSSR count). The molecule has 4 nitrogen and oxygen atoms in total. The van der Waals surface area contributed by atoms with Crippen LogP contribution in [0.5, 0.6) is 0 Å². The first-order valence-corrected chi connectivity index (χ1v) is 8.15. The molecule has 0 bridgehead atoms. The molecule has 1 aliphatic rings. The van der Waals surface area contributed by atoms with Gasteiger partial charge in [0.2, 0.25) is 0 Å². The lowest BCUT2D eigenvalue weighted by atomic mass is 10.1. The molecule has 0 radical (unpaired) electrons. The van der Waals surface area contributed by atoms with Crippen LogP contribution in [0.3, 0.4) is 0 Å². The number of hydrogen-bond acceptors (Lipinski definition) is 3. The summed E-state index contributed by atoms with van der Waals surface area (Å²) in [5.74, 6) is 0.521. The average molecular weight is 295 g/mol. The van der Waals surface area contributed by atoms with Crippen LogP contribution in [0.25, 0.3) is 0 Å². The Morgan fingerprint density at radius 1 is 1.30 bits per heavy atom. The number of hydrogen-bond donors (Lipinski definition) is 0. The van der Waals surface area contributed by atoms with E-state index < -0.39 is 10.8 Å². The molecular formula is C15H21NO3S. The van der Waals surface area contributed by atoms with Crippen LogP contribution < -0.4 is 0 Å². The number of rotatable bonds is 2. The predicted molar refractivity (Wildman–Crippen MR) is 79.9 cm³/mol. The first-order valence-electron chi connectivity index (χ1n) is 6.83. The number of ether oxygens (including phenoxy) is 1. The van der Waals surface area contributed by atoms with Gasteiger partial charge in [0.25, 0.3) is 0 Å². The van der Waals surface area contributed by atoms with Gasteiger partial charge in [-0.05, 0) is 25.8 Å². The molecule has 1 aromatic carbocycles. The van der Waals surface area contributed by atoms with Crippen LogP contribution in [0.1, 0.15) is 25.8 Å². The lowest BCUT2D eigenvalue weighted by Gasteiger charge is -2.22. The Bertz CT molecular complexity index is 487. The quantitative estimate of drug-likeness (QED) is 0.842. The van der Waals surface area contributed by atoms with E-state index >= 15 is 0 Å². The third-order valence-corrected chi connectivity index (χ3v) is 5.60. The monoisotopic (exact) mass is 295 g/mol. The van der Waals surface area contributed by atoms with Gasteiger partial charge in [-0.25, -0.2) is 4.79 Å². The summed E-state index contributed by atoms with van der Waals surface area (Å²) >= 11 is 0. The highest BCUT2D eigenvalue weighted by Crippen LogP contribution is 2.22. The lowest BCUT2D eigenvalue weighted by molar-refractivity contribution is 0.0980. The largest absolute Gasteiger partial charge is 0.445 e. The maximum absolute atomic E-state index is 12.0. The predicted octanol–water partition coefficient (Wildman–Crippen LogP) is 2.56. The lowest BCUT2D eigenvalue weighted by Crippen LogP contribution is -2.34. The van der Waals surface area contributed by atoms with E-state index in [0.717, 1.165) is 12.0 Å². The average Bonchev–Trinajstić information content (AvgIpc) is 2.57. The molecule has 1 atom stereocenters. The van der Waals surface area contributed by atoms with Gasteiger partial charge in [-0.15, -0.1) is 0 Å². The van der Waals surface area contributed by atoms with Crippen LogP contribution in [0.2, 0.25) is 0 Å². The summed E-state index contributed by atoms with van der Waals surface area (Å²) in [7, 11) is -0.894. The maximum atomic E-state index is 12.0. The molecule has 1 fully saturated rings. The zero-order valence-electron chi connectivity index (χ0n) is 12.0. The minimum atomic E-state index is -0.894. The first kappa shape index (κ1) is 15.0. The van der Waals surface area contributed by atoms with Gasteiger partial charge < -0.3 is 9.64 Å². The van der Waals surface area contributed by atoms with E-state index in [-0.39, 0.29) is 17.4 Å². The summed E-state index contributed by atoms with van der Waals surface area (Å²) < 4.78 is 17.1. The Morgan fingerprint density at radius 2 is 2.00 bits per heavy atom. The van der Waals surface area contributed by atoms with Crippen molar-refractivity contribution in [3.8, 4) is 0 Å². The van der Waals surface area contributed by atoms with E-state index in [4.69, 9.17) is 4.74 Å². The molecule has 20 heavy (non-hydrogen) atoms. The molecule has 1 amide bonds. The van der Waals surface area contributed by atoms with E-state index in [0.29, 0.717) is 18.8 Å². The van der Waals surface area contributed by atoms with Crippen molar-refractivity contribution in [3.63, 3.8) is 0 Å². The Morgan fingerprint density at radius 3 is 2.70 bits per heavy atom. The normalized spacial score (nSPS) is 22.1. The number of benzene rings is 1. The van der Waals surface area contributed by atoms with Crippen molar-refractivity contribution in [2.24, 2.45) is 0 Å². The summed E-state index contributed by atoms with van der Waals surface area (Å²) in [6.45, 7) is 5.36. The van der Waals surface area contributed by atoms with E-state index in [2.05, 4.69) is 0 Å². The van der Waals surface area contributed by atoms with Gasteiger partial charge in [0.1, 0.15) is 6.61 Å². The second kappa shape index (κ2) is 6.39. The van der Waals surface area contributed by atoms with Crippen LogP contribution >= 0.6 is 0 Å². The summed E-state index contributed by atoms with van der Waals surface area (Å²) in [4.78, 5) is 13.7. The first-order chi connectivity index (χ1) is 9.49. The fourth-order valence-electron chi connectivity index (χ4n) is 2.09. The zero-order chi connectivity index (χ0) is 14.6. The molecule has 0 aromatic heterocycles. The van der Waals surface area contributed by atoms with Crippen LogP contribution in [0.4, 0.5) is 4.79 Å². The second-order valence-electron chi connectivity index (χ2n) is 5.59. The van der Waals surface area contributed by atoms with Crippen LogP contribution in [0.15, 0.2) is 30.3 Å². The molecule has 1 aliphatic heterocycles. The Kier molecular flexibility index (Phi) is 4.81. The standard InChI is InChI=1S/C15H21NO3S/c1-15(2)8-9-16(10-11-20(15)18)14(17)19-12-13-6-4-3-5-7-13/h3-7H,8-12H2,1-2H3. The Hall–Kier alpha value is -1.36. The number of amides is 1. The highest BCUT2D eigenvalue weighted by atomic mass is 32.2. The Balaban J connectivity index is 1.88. The maximum Gasteiger partial charge on any atom is 0.410 e. The summed E-state index contributed by atoms with van der Waals surface area (Å²) in [5, 5.41) is 0. The summed E-state index contributed by atoms with van der Waals surface area (Å²) in [6.07, 6.45) is 0.420. The van der Waals surface area contributed by atoms with Crippen LogP contribution in [-0.4, -0.2) is 38.8 Å². The van der Waals surface area contributed by atoms with Crippen molar-refractivity contribution < 1.29 is 13.7 Å². The number of nitrogens with zero attached hydrogens (tertiary/aromatic N) is 1. The van der Waals surface area contributed by atoms with Crippen LogP contribution in [0, 0.1) is 0 Å². The van der Waals surface area contributed by atoms with E-state index in [1.165, 1.54) is 0 Å². The fraction of sp³-hybridized carbons (Fsp3) is 0.533. The smallest absolute Gasteiger partial charge is 0.410 e. The molecule has 1 saturated heterocycles. The molecule has 1 unspecified atom stereocenters. The van der Waals surface area contributed by atoms with Crippen molar-refractivity contribution in [1.82, 2.24) is 4.90 Å². The van der Waals surface area contributed by atoms with Crippen molar-refractivity contribution >= 4 is 16.9 Å². The highest BCUT2D eigenvalue weighted by Gasteiger charge is 2.31. The topological polar surface area (TPSA) is 46.6 Å². The van der Waals surface area contributed by atoms with Crippen molar-refractivity contribution in [2.45, 2.75) is 31.6 Å². The van der Waals surface area contributed by atoms with Crippen molar-refractivity contribution in [2.75, 3.05) is 18.8 Å². The van der Waals surface area contributed by atoms with Gasteiger partial charge in [0.05, 0.1) is 0 Å². The summed E-state index contributed by atoms with van der Waals surface area (Å²) in [6, 6.07) is 9.61. The van der Waals surface area contributed by atoms with Gasteiger partial charge in [0.15, 0.2) is 0 Å². The van der Waals surface area contributed by atoms with Crippen molar-refractivity contribution in [3.05, 3.63) is 35.9 Å². The van der Waals surface area contributed by atoms with Gasteiger partial charge in [-0.1, -0.05) is 30.3 Å². The molecule has 0 saturated carbocycles. The Labute approximate surface area is 122 Å². The second-order valence-corrected chi connectivity index (χ2v) is 7.79. The zero-order valence-corrected chi connectivity index (χ0v) is 12.8. The van der Waals surface area contributed by atoms with E-state index in [1.807, 2.05) is 44.2 Å². The van der Waals surface area contributed by atoms with Gasteiger partial charge >= 0.3 is 6.09 Å². The molecule has 0 aliphatic carbocycles. The van der Waals surface area contributed by atoms with Crippen LogP contribution in [-0.2, 0) is 22.1 Å². The molecule has 1 aromatic rings. The molecule has 0 spiro atoms. The van der Waals surface area contributed by atoms with Gasteiger partial charge in [-0.3, -0.25) is 4.21 Å². The molecule has 5 heteroatoms. The van der Waals surface area contributed by atoms with Crippen molar-refractivity contribution in [1.29, 1.82) is 0 Å². The van der Waals surface area contributed by atoms with Gasteiger partial charge in [-0.2, -0.15) is 0 Å². The van der Waals surface area contributed by atoms with E-state index in [1.54, 1.807) is 4.90 Å². The molecule has 1 heterocycles. The fourth-order valence-corrected chi connectivity index (χ4v) is 3.35. The SMILES string of the molecule is CC1(C)CCN(C(=O)OCc2ccccc2)CCS1=O. The minimum absolute atomic E-state index is 0.228. The third kappa shape index (κ3) is 3.82. The molecule has 110 valence electrons. The summed E-state index contributed by atoms with van der Waals surface area (Å²) in [5.41, 5.74) is 0.972. The number of carbonyl (C=O) groups excluding carboxylic acids is 1. The highest BCUT2D eigenvalue weighted by molar-refractivity contribution is 7.86.